The lowest BCUT2D eigenvalue weighted by Crippen LogP contribution is -2.50. The van der Waals surface area contributed by atoms with Crippen molar-refractivity contribution in [3.8, 4) is 0 Å². The molecule has 1 aromatic heterocycles. The zero-order valence-electron chi connectivity index (χ0n) is 14.8. The van der Waals surface area contributed by atoms with E-state index in [9.17, 15) is 9.59 Å². The van der Waals surface area contributed by atoms with Gasteiger partial charge in [-0.25, -0.2) is 4.79 Å². The maximum absolute atomic E-state index is 12.2. The quantitative estimate of drug-likeness (QED) is 0.912. The third-order valence-electron chi connectivity index (χ3n) is 5.45. The van der Waals surface area contributed by atoms with Crippen molar-refractivity contribution in [3.63, 3.8) is 0 Å². The van der Waals surface area contributed by atoms with Gasteiger partial charge in [0.05, 0.1) is 7.11 Å². The first kappa shape index (κ1) is 16.9. The highest BCUT2D eigenvalue weighted by Gasteiger charge is 2.36. The number of rotatable bonds is 3. The van der Waals surface area contributed by atoms with Crippen molar-refractivity contribution in [1.82, 2.24) is 15.0 Å². The number of carbonyl (C=O) groups is 1. The van der Waals surface area contributed by atoms with Crippen LogP contribution in [-0.4, -0.2) is 47.3 Å². The number of likely N-dealkylation sites (tertiary alicyclic amines) is 1. The molecule has 0 radical (unpaired) electrons. The first-order chi connectivity index (χ1) is 12.6. The monoisotopic (exact) mass is 357 g/mol. The number of hydrogen-bond donors (Lipinski definition) is 1. The van der Waals surface area contributed by atoms with E-state index < -0.39 is 0 Å². The van der Waals surface area contributed by atoms with Gasteiger partial charge in [-0.05, 0) is 24.0 Å². The van der Waals surface area contributed by atoms with E-state index in [-0.39, 0.29) is 23.6 Å². The van der Waals surface area contributed by atoms with Crippen molar-refractivity contribution in [1.29, 1.82) is 0 Å². The molecule has 2 atom stereocenters. The summed E-state index contributed by atoms with van der Waals surface area (Å²) < 4.78 is 10.3. The van der Waals surface area contributed by atoms with Crippen LogP contribution in [0.4, 0.5) is 4.79 Å². The van der Waals surface area contributed by atoms with E-state index in [1.807, 2.05) is 4.90 Å². The Labute approximate surface area is 151 Å². The van der Waals surface area contributed by atoms with Crippen molar-refractivity contribution >= 4 is 6.09 Å². The highest BCUT2D eigenvalue weighted by Crippen LogP contribution is 2.33. The molecule has 138 valence electrons. The van der Waals surface area contributed by atoms with Gasteiger partial charge in [0.25, 0.3) is 5.56 Å². The largest absolute Gasteiger partial charge is 0.453 e. The minimum atomic E-state index is -0.291. The van der Waals surface area contributed by atoms with Gasteiger partial charge in [-0.15, -0.1) is 0 Å². The molecule has 1 fully saturated rings. The van der Waals surface area contributed by atoms with E-state index in [1.165, 1.54) is 24.3 Å². The SMILES string of the molecule is COC(=O)N1CC[C@@H](c2cc(=O)[nH]o2)C[C@H]1CN1Cc2ccccc2C1. The zero-order chi connectivity index (χ0) is 18.1. The smallest absolute Gasteiger partial charge is 0.409 e. The highest BCUT2D eigenvalue weighted by molar-refractivity contribution is 5.68. The lowest BCUT2D eigenvalue weighted by atomic mass is 9.89. The number of H-pyrrole nitrogens is 1. The van der Waals surface area contributed by atoms with Gasteiger partial charge in [0.1, 0.15) is 5.76 Å². The first-order valence-corrected chi connectivity index (χ1v) is 8.96. The number of carbonyl (C=O) groups excluding carboxylic acids is 1. The number of aromatic nitrogens is 1. The summed E-state index contributed by atoms with van der Waals surface area (Å²) in [6.07, 6.45) is 1.22. The minimum Gasteiger partial charge on any atom is -0.453 e. The average molecular weight is 357 g/mol. The van der Waals surface area contributed by atoms with Gasteiger partial charge in [-0.2, -0.15) is 5.16 Å². The molecular weight excluding hydrogens is 334 g/mol. The fraction of sp³-hybridized carbons (Fsp3) is 0.474. The molecule has 0 unspecified atom stereocenters. The Morgan fingerprint density at radius 2 is 2.04 bits per heavy atom. The van der Waals surface area contributed by atoms with Crippen LogP contribution in [0.3, 0.4) is 0 Å². The highest BCUT2D eigenvalue weighted by atomic mass is 16.5. The number of amides is 1. The predicted octanol–water partition coefficient (Wildman–Crippen LogP) is 2.30. The van der Waals surface area contributed by atoms with Crippen molar-refractivity contribution in [2.75, 3.05) is 20.2 Å². The second kappa shape index (κ2) is 6.99. The van der Waals surface area contributed by atoms with Crippen LogP contribution in [0.2, 0.25) is 0 Å². The summed E-state index contributed by atoms with van der Waals surface area (Å²) in [4.78, 5) is 27.8. The molecule has 0 saturated carbocycles. The van der Waals surface area contributed by atoms with Gasteiger partial charge in [0.15, 0.2) is 0 Å². The summed E-state index contributed by atoms with van der Waals surface area (Å²) in [6, 6.07) is 9.98. The van der Waals surface area contributed by atoms with Crippen molar-refractivity contribution in [2.24, 2.45) is 0 Å². The van der Waals surface area contributed by atoms with Gasteiger partial charge in [-0.1, -0.05) is 24.3 Å². The molecule has 1 N–H and O–H groups in total. The Bertz CT molecular complexity index is 818. The van der Waals surface area contributed by atoms with E-state index in [4.69, 9.17) is 9.26 Å². The maximum Gasteiger partial charge on any atom is 0.409 e. The maximum atomic E-state index is 12.2. The van der Waals surface area contributed by atoms with E-state index in [2.05, 4.69) is 34.3 Å². The van der Waals surface area contributed by atoms with Crippen LogP contribution in [0, 0.1) is 0 Å². The van der Waals surface area contributed by atoms with Crippen LogP contribution in [0.15, 0.2) is 39.6 Å². The topological polar surface area (TPSA) is 78.8 Å². The molecule has 0 bridgehead atoms. The molecule has 7 nitrogen and oxygen atoms in total. The number of aromatic amines is 1. The molecule has 1 saturated heterocycles. The molecule has 2 aliphatic heterocycles. The number of ether oxygens (including phenoxy) is 1. The molecule has 26 heavy (non-hydrogen) atoms. The lowest BCUT2D eigenvalue weighted by molar-refractivity contribution is 0.0651. The number of hydrogen-bond acceptors (Lipinski definition) is 5. The summed E-state index contributed by atoms with van der Waals surface area (Å²) in [5.41, 5.74) is 2.48. The molecule has 0 spiro atoms. The van der Waals surface area contributed by atoms with E-state index in [0.29, 0.717) is 12.3 Å². The van der Waals surface area contributed by atoms with Gasteiger partial charge >= 0.3 is 6.09 Å². The van der Waals surface area contributed by atoms with Crippen LogP contribution in [0.1, 0.15) is 35.6 Å². The Balaban J connectivity index is 1.49. The zero-order valence-corrected chi connectivity index (χ0v) is 14.8. The normalized spacial score (nSPS) is 23.0. The second-order valence-corrected chi connectivity index (χ2v) is 7.09. The Kier molecular flexibility index (Phi) is 4.55. The minimum absolute atomic E-state index is 0.0238. The molecule has 2 aliphatic rings. The third kappa shape index (κ3) is 3.26. The number of piperidine rings is 1. The van der Waals surface area contributed by atoms with Crippen LogP contribution < -0.4 is 5.56 Å². The summed E-state index contributed by atoms with van der Waals surface area (Å²) in [5, 5.41) is 2.36. The number of nitrogens with zero attached hydrogens (tertiary/aromatic N) is 2. The second-order valence-electron chi connectivity index (χ2n) is 7.09. The molecule has 7 heteroatoms. The van der Waals surface area contributed by atoms with E-state index in [1.54, 1.807) is 0 Å². The van der Waals surface area contributed by atoms with Crippen LogP contribution in [0.5, 0.6) is 0 Å². The Morgan fingerprint density at radius 1 is 1.31 bits per heavy atom. The number of methoxy groups -OCH3 is 1. The lowest BCUT2D eigenvalue weighted by Gasteiger charge is -2.39. The van der Waals surface area contributed by atoms with E-state index >= 15 is 0 Å². The molecule has 0 aliphatic carbocycles. The van der Waals surface area contributed by atoms with Crippen LogP contribution >= 0.6 is 0 Å². The predicted molar refractivity (Wildman–Crippen MR) is 94.8 cm³/mol. The summed E-state index contributed by atoms with van der Waals surface area (Å²) >= 11 is 0. The van der Waals surface area contributed by atoms with Crippen LogP contribution in [0.25, 0.3) is 0 Å². The molecule has 2 aromatic rings. The number of fused-ring (bicyclic) bond motifs is 1. The van der Waals surface area contributed by atoms with Crippen LogP contribution in [-0.2, 0) is 17.8 Å². The Hall–Kier alpha value is -2.54. The number of nitrogens with one attached hydrogen (secondary N) is 1. The summed E-state index contributed by atoms with van der Waals surface area (Å²) in [5.74, 6) is 0.805. The Morgan fingerprint density at radius 3 is 2.65 bits per heavy atom. The molecular formula is C19H23N3O4. The van der Waals surface area contributed by atoms with Crippen molar-refractivity contribution < 1.29 is 14.1 Å². The van der Waals surface area contributed by atoms with Gasteiger partial charge in [0.2, 0.25) is 0 Å². The van der Waals surface area contributed by atoms with Crippen molar-refractivity contribution in [3.05, 3.63) is 57.6 Å². The van der Waals surface area contributed by atoms with Gasteiger partial charge < -0.3 is 14.2 Å². The number of benzene rings is 1. The first-order valence-electron chi connectivity index (χ1n) is 8.96. The molecule has 1 amide bonds. The molecule has 3 heterocycles. The van der Waals surface area contributed by atoms with Gasteiger partial charge in [0, 0.05) is 44.2 Å². The van der Waals surface area contributed by atoms with Gasteiger partial charge in [-0.3, -0.25) is 9.69 Å². The molecule has 1 aromatic carbocycles. The van der Waals surface area contributed by atoms with E-state index in [0.717, 1.165) is 32.5 Å². The molecule has 4 rings (SSSR count). The summed E-state index contributed by atoms with van der Waals surface area (Å²) in [7, 11) is 1.42. The third-order valence-corrected chi connectivity index (χ3v) is 5.45. The standard InChI is InChI=1S/C19H23N3O4/c1-25-19(24)22-7-6-13(17-9-18(23)20-26-17)8-16(22)12-21-10-14-4-2-3-5-15(14)11-21/h2-5,9,13,16H,6-8,10-12H2,1H3,(H,20,23)/t13-,16+/m1/s1. The fourth-order valence-electron chi connectivity index (χ4n) is 4.17. The summed E-state index contributed by atoms with van der Waals surface area (Å²) in [6.45, 7) is 3.16. The average Bonchev–Trinajstić information content (AvgIpc) is 3.26. The fourth-order valence-corrected chi connectivity index (χ4v) is 4.17. The van der Waals surface area contributed by atoms with Crippen molar-refractivity contribution in [2.45, 2.75) is 37.9 Å².